The highest BCUT2D eigenvalue weighted by Crippen LogP contribution is 2.22. The molecule has 0 saturated carbocycles. The van der Waals surface area contributed by atoms with Crippen LogP contribution in [0, 0.1) is 0 Å². The number of aromatic hydroxyl groups is 1. The molecule has 1 aromatic heterocycles. The van der Waals surface area contributed by atoms with Crippen molar-refractivity contribution in [1.82, 2.24) is 0 Å². The molecular formula is C14H16O3. The SMILES string of the molecule is CCCCCc1cc(=O)oc2cc(O)ccc12. The first-order valence-electron chi connectivity index (χ1n) is 5.96. The van der Waals surface area contributed by atoms with Crippen LogP contribution < -0.4 is 5.63 Å². The maximum atomic E-state index is 11.4. The molecule has 0 bridgehead atoms. The molecule has 1 N–H and O–H groups in total. The third kappa shape index (κ3) is 2.67. The van der Waals surface area contributed by atoms with Gasteiger partial charge in [-0.1, -0.05) is 19.8 Å². The van der Waals surface area contributed by atoms with E-state index in [-0.39, 0.29) is 11.4 Å². The van der Waals surface area contributed by atoms with Gasteiger partial charge in [-0.05, 0) is 30.5 Å². The van der Waals surface area contributed by atoms with E-state index in [9.17, 15) is 9.90 Å². The van der Waals surface area contributed by atoms with E-state index in [1.165, 1.54) is 6.07 Å². The number of aryl methyl sites for hydroxylation is 1. The Labute approximate surface area is 99.7 Å². The summed E-state index contributed by atoms with van der Waals surface area (Å²) in [7, 11) is 0. The number of rotatable bonds is 4. The number of hydrogen-bond acceptors (Lipinski definition) is 3. The topological polar surface area (TPSA) is 50.4 Å². The fourth-order valence-corrected chi connectivity index (χ4v) is 1.99. The number of phenols is 1. The fourth-order valence-electron chi connectivity index (χ4n) is 1.99. The molecule has 0 radical (unpaired) electrons. The van der Waals surface area contributed by atoms with Crippen LogP contribution in [0.4, 0.5) is 0 Å². The van der Waals surface area contributed by atoms with Crippen molar-refractivity contribution in [1.29, 1.82) is 0 Å². The van der Waals surface area contributed by atoms with E-state index in [2.05, 4.69) is 6.92 Å². The van der Waals surface area contributed by atoms with E-state index in [1.807, 2.05) is 0 Å². The molecule has 0 fully saturated rings. The van der Waals surface area contributed by atoms with E-state index in [1.54, 1.807) is 18.2 Å². The van der Waals surface area contributed by atoms with E-state index >= 15 is 0 Å². The van der Waals surface area contributed by atoms with Gasteiger partial charge in [-0.3, -0.25) is 0 Å². The second-order valence-electron chi connectivity index (χ2n) is 4.23. The first kappa shape index (κ1) is 11.7. The molecule has 0 unspecified atom stereocenters. The molecule has 3 heteroatoms. The highest BCUT2D eigenvalue weighted by Gasteiger charge is 2.06. The Kier molecular flexibility index (Phi) is 3.47. The van der Waals surface area contributed by atoms with Crippen LogP contribution in [0.25, 0.3) is 11.0 Å². The van der Waals surface area contributed by atoms with Gasteiger partial charge in [0.25, 0.3) is 0 Å². The molecule has 2 rings (SSSR count). The molecular weight excluding hydrogens is 216 g/mol. The summed E-state index contributed by atoms with van der Waals surface area (Å²) in [5, 5.41) is 10.3. The standard InChI is InChI=1S/C14H16O3/c1-2-3-4-5-10-8-14(16)17-13-9-11(15)6-7-12(10)13/h6-9,15H,2-5H2,1H3. The summed E-state index contributed by atoms with van der Waals surface area (Å²) in [5.41, 5.74) is 1.11. The first-order valence-corrected chi connectivity index (χ1v) is 5.96. The highest BCUT2D eigenvalue weighted by atomic mass is 16.4. The molecule has 2 aromatic rings. The predicted octanol–water partition coefficient (Wildman–Crippen LogP) is 3.23. The van der Waals surface area contributed by atoms with Gasteiger partial charge >= 0.3 is 5.63 Å². The maximum Gasteiger partial charge on any atom is 0.336 e. The summed E-state index contributed by atoms with van der Waals surface area (Å²) in [6.45, 7) is 2.15. The van der Waals surface area contributed by atoms with Gasteiger partial charge in [0, 0.05) is 17.5 Å². The van der Waals surface area contributed by atoms with Gasteiger partial charge in [-0.15, -0.1) is 0 Å². The molecule has 0 aliphatic carbocycles. The van der Waals surface area contributed by atoms with Crippen molar-refractivity contribution in [3.8, 4) is 5.75 Å². The molecule has 0 saturated heterocycles. The number of hydrogen-bond donors (Lipinski definition) is 1. The van der Waals surface area contributed by atoms with E-state index in [0.29, 0.717) is 5.58 Å². The molecule has 0 aliphatic heterocycles. The minimum absolute atomic E-state index is 0.117. The normalized spacial score (nSPS) is 10.9. The molecule has 17 heavy (non-hydrogen) atoms. The van der Waals surface area contributed by atoms with Crippen molar-refractivity contribution in [3.63, 3.8) is 0 Å². The van der Waals surface area contributed by atoms with Crippen LogP contribution in [-0.2, 0) is 6.42 Å². The zero-order valence-corrected chi connectivity index (χ0v) is 9.90. The summed E-state index contributed by atoms with van der Waals surface area (Å²) < 4.78 is 5.07. The largest absolute Gasteiger partial charge is 0.508 e. The quantitative estimate of drug-likeness (QED) is 0.650. The summed E-state index contributed by atoms with van der Waals surface area (Å²) in [6, 6.07) is 6.45. The number of benzene rings is 1. The van der Waals surface area contributed by atoms with Crippen molar-refractivity contribution in [3.05, 3.63) is 40.2 Å². The van der Waals surface area contributed by atoms with E-state index in [0.717, 1.165) is 36.6 Å². The van der Waals surface area contributed by atoms with Gasteiger partial charge in [0.1, 0.15) is 11.3 Å². The number of unbranched alkanes of at least 4 members (excludes halogenated alkanes) is 2. The third-order valence-corrected chi connectivity index (χ3v) is 2.86. The molecule has 0 aliphatic rings. The Morgan fingerprint density at radius 2 is 2.06 bits per heavy atom. The monoisotopic (exact) mass is 232 g/mol. The van der Waals surface area contributed by atoms with Crippen LogP contribution in [-0.4, -0.2) is 5.11 Å². The van der Waals surface area contributed by atoms with Crippen molar-refractivity contribution in [2.75, 3.05) is 0 Å². The van der Waals surface area contributed by atoms with Gasteiger partial charge in [0.15, 0.2) is 0 Å². The third-order valence-electron chi connectivity index (χ3n) is 2.86. The van der Waals surface area contributed by atoms with Crippen molar-refractivity contribution in [2.24, 2.45) is 0 Å². The zero-order chi connectivity index (χ0) is 12.3. The van der Waals surface area contributed by atoms with Crippen molar-refractivity contribution in [2.45, 2.75) is 32.6 Å². The summed E-state index contributed by atoms with van der Waals surface area (Å²) in [4.78, 5) is 11.4. The molecule has 1 aromatic carbocycles. The summed E-state index contributed by atoms with van der Waals surface area (Å²) >= 11 is 0. The van der Waals surface area contributed by atoms with Gasteiger partial charge in [-0.25, -0.2) is 4.79 Å². The van der Waals surface area contributed by atoms with Gasteiger partial charge in [0.05, 0.1) is 0 Å². The van der Waals surface area contributed by atoms with E-state index < -0.39 is 0 Å². The molecule has 1 heterocycles. The minimum Gasteiger partial charge on any atom is -0.508 e. The van der Waals surface area contributed by atoms with Crippen molar-refractivity contribution >= 4 is 11.0 Å². The maximum absolute atomic E-state index is 11.4. The Bertz CT molecular complexity index is 569. The average molecular weight is 232 g/mol. The molecule has 90 valence electrons. The molecule has 3 nitrogen and oxygen atoms in total. The Morgan fingerprint density at radius 3 is 2.82 bits per heavy atom. The van der Waals surface area contributed by atoms with Crippen molar-refractivity contribution < 1.29 is 9.52 Å². The minimum atomic E-state index is -0.352. The van der Waals surface area contributed by atoms with Crippen LogP contribution >= 0.6 is 0 Å². The average Bonchev–Trinajstić information content (AvgIpc) is 2.28. The Balaban J connectivity index is 2.43. The van der Waals surface area contributed by atoms with Gasteiger partial charge in [-0.2, -0.15) is 0 Å². The van der Waals surface area contributed by atoms with Crippen LogP contribution in [0.3, 0.4) is 0 Å². The van der Waals surface area contributed by atoms with Gasteiger partial charge < -0.3 is 9.52 Å². The fraction of sp³-hybridized carbons (Fsp3) is 0.357. The summed E-state index contributed by atoms with van der Waals surface area (Å²) in [6.07, 6.45) is 4.25. The highest BCUT2D eigenvalue weighted by molar-refractivity contribution is 5.81. The van der Waals surface area contributed by atoms with Crippen LogP contribution in [0.5, 0.6) is 5.75 Å². The molecule has 0 atom stereocenters. The van der Waals surface area contributed by atoms with Gasteiger partial charge in [0.2, 0.25) is 0 Å². The summed E-state index contributed by atoms with van der Waals surface area (Å²) in [5.74, 6) is 0.117. The molecule has 0 amide bonds. The van der Waals surface area contributed by atoms with E-state index in [4.69, 9.17) is 4.42 Å². The van der Waals surface area contributed by atoms with Crippen LogP contribution in [0.2, 0.25) is 0 Å². The predicted molar refractivity (Wildman–Crippen MR) is 67.4 cm³/mol. The molecule has 0 spiro atoms. The lowest BCUT2D eigenvalue weighted by Crippen LogP contribution is -2.00. The number of fused-ring (bicyclic) bond motifs is 1. The lowest BCUT2D eigenvalue weighted by molar-refractivity contribution is 0.473. The second kappa shape index (κ2) is 5.04. The number of phenolic OH excluding ortho intramolecular Hbond substituents is 1. The Hall–Kier alpha value is -1.77. The lowest BCUT2D eigenvalue weighted by Gasteiger charge is -2.05. The van der Waals surface area contributed by atoms with Crippen LogP contribution in [0.15, 0.2) is 33.5 Å². The second-order valence-corrected chi connectivity index (χ2v) is 4.23. The zero-order valence-electron chi connectivity index (χ0n) is 9.90. The smallest absolute Gasteiger partial charge is 0.336 e. The lowest BCUT2D eigenvalue weighted by atomic mass is 10.0. The first-order chi connectivity index (χ1) is 8.20. The van der Waals surface area contributed by atoms with Crippen LogP contribution in [0.1, 0.15) is 31.7 Å². The Morgan fingerprint density at radius 1 is 1.24 bits per heavy atom.